The van der Waals surface area contributed by atoms with E-state index in [9.17, 15) is 0 Å². The van der Waals surface area contributed by atoms with Gasteiger partial charge in [-0.3, -0.25) is 0 Å². The number of ether oxygens (including phenoxy) is 1. The standard InChI is InChI=1S/C15H14ClN3OS/c1-8-6-10(7-9(2)12(8)16)20-13-11-4-5-21-14(11)19-15(17-3)18-13/h4-7H,1-3H3,(H,17,18,19). The Kier molecular flexibility index (Phi) is 3.69. The molecule has 0 bridgehead atoms. The van der Waals surface area contributed by atoms with Gasteiger partial charge in [0.2, 0.25) is 11.8 Å². The SMILES string of the molecule is CNc1nc(Oc2cc(C)c(Cl)c(C)c2)c2ccsc2n1. The molecule has 3 aromatic rings. The molecule has 0 atom stereocenters. The Morgan fingerprint density at radius 2 is 1.90 bits per heavy atom. The highest BCUT2D eigenvalue weighted by molar-refractivity contribution is 7.16. The third-order valence-corrected chi connectivity index (χ3v) is 4.54. The van der Waals surface area contributed by atoms with E-state index in [1.54, 1.807) is 18.4 Å². The fourth-order valence-corrected chi connectivity index (χ4v) is 2.96. The quantitative estimate of drug-likeness (QED) is 0.753. The van der Waals surface area contributed by atoms with Gasteiger partial charge < -0.3 is 10.1 Å². The summed E-state index contributed by atoms with van der Waals surface area (Å²) in [5, 5.41) is 6.60. The Bertz CT molecular complexity index is 793. The van der Waals surface area contributed by atoms with Crippen molar-refractivity contribution in [3.63, 3.8) is 0 Å². The van der Waals surface area contributed by atoms with Crippen molar-refractivity contribution in [2.24, 2.45) is 0 Å². The highest BCUT2D eigenvalue weighted by atomic mass is 35.5. The van der Waals surface area contributed by atoms with Gasteiger partial charge in [0.15, 0.2) is 0 Å². The molecule has 0 saturated heterocycles. The number of rotatable bonds is 3. The number of hydrogen-bond acceptors (Lipinski definition) is 5. The van der Waals surface area contributed by atoms with Crippen molar-refractivity contribution in [1.29, 1.82) is 0 Å². The molecule has 2 heterocycles. The molecule has 0 aliphatic carbocycles. The molecule has 21 heavy (non-hydrogen) atoms. The first-order chi connectivity index (χ1) is 10.1. The number of aromatic nitrogens is 2. The second-order valence-electron chi connectivity index (χ2n) is 4.71. The second kappa shape index (κ2) is 5.50. The molecule has 1 N–H and O–H groups in total. The minimum atomic E-state index is 0.544. The Morgan fingerprint density at radius 3 is 2.57 bits per heavy atom. The zero-order valence-electron chi connectivity index (χ0n) is 11.9. The summed E-state index contributed by atoms with van der Waals surface area (Å²) in [6.45, 7) is 3.92. The number of nitrogens with one attached hydrogen (secondary N) is 1. The molecule has 3 rings (SSSR count). The van der Waals surface area contributed by atoms with E-state index in [0.717, 1.165) is 32.1 Å². The molecule has 0 aliphatic rings. The lowest BCUT2D eigenvalue weighted by Gasteiger charge is -2.10. The van der Waals surface area contributed by atoms with Crippen LogP contribution in [0.25, 0.3) is 10.2 Å². The Hall–Kier alpha value is -1.85. The molecule has 0 unspecified atom stereocenters. The minimum Gasteiger partial charge on any atom is -0.438 e. The van der Waals surface area contributed by atoms with E-state index >= 15 is 0 Å². The molecule has 0 saturated carbocycles. The minimum absolute atomic E-state index is 0.544. The summed E-state index contributed by atoms with van der Waals surface area (Å²) in [6.07, 6.45) is 0. The fourth-order valence-electron chi connectivity index (χ4n) is 2.09. The molecule has 1 aromatic carbocycles. The first-order valence-corrected chi connectivity index (χ1v) is 7.72. The van der Waals surface area contributed by atoms with Gasteiger partial charge in [0.05, 0.1) is 5.39 Å². The number of anilines is 1. The first-order valence-electron chi connectivity index (χ1n) is 6.46. The summed E-state index contributed by atoms with van der Waals surface area (Å²) in [4.78, 5) is 9.69. The third-order valence-electron chi connectivity index (χ3n) is 3.14. The van der Waals surface area contributed by atoms with E-state index in [4.69, 9.17) is 16.3 Å². The molecule has 2 aromatic heterocycles. The van der Waals surface area contributed by atoms with Crippen LogP contribution < -0.4 is 10.1 Å². The maximum absolute atomic E-state index is 6.19. The lowest BCUT2D eigenvalue weighted by Crippen LogP contribution is -1.98. The molecule has 0 fully saturated rings. The van der Waals surface area contributed by atoms with Crippen molar-refractivity contribution >= 4 is 39.1 Å². The monoisotopic (exact) mass is 319 g/mol. The van der Waals surface area contributed by atoms with Gasteiger partial charge in [-0.25, -0.2) is 4.98 Å². The normalized spacial score (nSPS) is 10.9. The molecule has 4 nitrogen and oxygen atoms in total. The molecule has 0 radical (unpaired) electrons. The van der Waals surface area contributed by atoms with Crippen LogP contribution in [0.3, 0.4) is 0 Å². The van der Waals surface area contributed by atoms with Crippen LogP contribution in [0.5, 0.6) is 11.6 Å². The summed E-state index contributed by atoms with van der Waals surface area (Å²) in [5.74, 6) is 1.82. The summed E-state index contributed by atoms with van der Waals surface area (Å²) in [7, 11) is 1.79. The van der Waals surface area contributed by atoms with Crippen molar-refractivity contribution < 1.29 is 4.74 Å². The van der Waals surface area contributed by atoms with Crippen LogP contribution in [-0.2, 0) is 0 Å². The number of fused-ring (bicyclic) bond motifs is 1. The van der Waals surface area contributed by atoms with Crippen LogP contribution in [0.4, 0.5) is 5.95 Å². The van der Waals surface area contributed by atoms with Gasteiger partial charge in [-0.15, -0.1) is 11.3 Å². The van der Waals surface area contributed by atoms with Crippen LogP contribution in [0.2, 0.25) is 5.02 Å². The van der Waals surface area contributed by atoms with E-state index in [1.807, 2.05) is 37.4 Å². The highest BCUT2D eigenvalue weighted by Crippen LogP contribution is 2.33. The number of halogens is 1. The molecular formula is C15H14ClN3OS. The number of nitrogens with zero attached hydrogens (tertiary/aromatic N) is 2. The van der Waals surface area contributed by atoms with Crippen LogP contribution in [0.15, 0.2) is 23.6 Å². The zero-order valence-corrected chi connectivity index (χ0v) is 13.5. The lowest BCUT2D eigenvalue weighted by molar-refractivity contribution is 0.468. The molecule has 108 valence electrons. The van der Waals surface area contributed by atoms with Crippen molar-refractivity contribution in [1.82, 2.24) is 9.97 Å². The van der Waals surface area contributed by atoms with E-state index in [2.05, 4.69) is 15.3 Å². The maximum Gasteiger partial charge on any atom is 0.232 e. The molecule has 0 spiro atoms. The van der Waals surface area contributed by atoms with Crippen molar-refractivity contribution in [3.05, 3.63) is 39.7 Å². The molecule has 0 amide bonds. The van der Waals surface area contributed by atoms with Crippen molar-refractivity contribution in [2.45, 2.75) is 13.8 Å². The van der Waals surface area contributed by atoms with Crippen molar-refractivity contribution in [2.75, 3.05) is 12.4 Å². The summed E-state index contributed by atoms with van der Waals surface area (Å²) in [5.41, 5.74) is 1.97. The van der Waals surface area contributed by atoms with E-state index in [0.29, 0.717) is 11.8 Å². The molecule has 6 heteroatoms. The number of thiophene rings is 1. The Balaban J connectivity index is 2.07. The molecular weight excluding hydrogens is 306 g/mol. The Morgan fingerprint density at radius 1 is 1.19 bits per heavy atom. The van der Waals surface area contributed by atoms with Gasteiger partial charge in [-0.2, -0.15) is 4.98 Å². The predicted molar refractivity (Wildman–Crippen MR) is 88.0 cm³/mol. The zero-order chi connectivity index (χ0) is 15.0. The smallest absolute Gasteiger partial charge is 0.232 e. The summed E-state index contributed by atoms with van der Waals surface area (Å²) < 4.78 is 5.97. The van der Waals surface area contributed by atoms with Crippen LogP contribution in [-0.4, -0.2) is 17.0 Å². The highest BCUT2D eigenvalue weighted by Gasteiger charge is 2.12. The maximum atomic E-state index is 6.19. The summed E-state index contributed by atoms with van der Waals surface area (Å²) >= 11 is 7.75. The van der Waals surface area contributed by atoms with Gasteiger partial charge in [0.1, 0.15) is 10.6 Å². The molecule has 0 aliphatic heterocycles. The van der Waals surface area contributed by atoms with Gasteiger partial charge in [0.25, 0.3) is 0 Å². The number of hydrogen-bond donors (Lipinski definition) is 1. The predicted octanol–water partition coefficient (Wildman–Crippen LogP) is 4.80. The Labute approximate surface area is 131 Å². The van der Waals surface area contributed by atoms with E-state index < -0.39 is 0 Å². The van der Waals surface area contributed by atoms with Crippen LogP contribution in [0.1, 0.15) is 11.1 Å². The van der Waals surface area contributed by atoms with Gasteiger partial charge in [-0.05, 0) is 48.6 Å². The van der Waals surface area contributed by atoms with Gasteiger partial charge in [-0.1, -0.05) is 11.6 Å². The topological polar surface area (TPSA) is 47.0 Å². The van der Waals surface area contributed by atoms with E-state index in [-0.39, 0.29) is 0 Å². The lowest BCUT2D eigenvalue weighted by atomic mass is 10.1. The average Bonchev–Trinajstić information content (AvgIpc) is 2.93. The van der Waals surface area contributed by atoms with Crippen LogP contribution in [0, 0.1) is 13.8 Å². The van der Waals surface area contributed by atoms with Gasteiger partial charge >= 0.3 is 0 Å². The summed E-state index contributed by atoms with van der Waals surface area (Å²) in [6, 6.07) is 5.79. The van der Waals surface area contributed by atoms with Crippen LogP contribution >= 0.6 is 22.9 Å². The second-order valence-corrected chi connectivity index (χ2v) is 5.99. The third kappa shape index (κ3) is 2.66. The number of benzene rings is 1. The van der Waals surface area contributed by atoms with Gasteiger partial charge in [0, 0.05) is 12.1 Å². The average molecular weight is 320 g/mol. The first kappa shape index (κ1) is 14.1. The van der Waals surface area contributed by atoms with E-state index in [1.165, 1.54) is 0 Å². The fraction of sp³-hybridized carbons (Fsp3) is 0.200. The largest absolute Gasteiger partial charge is 0.438 e. The number of aryl methyl sites for hydroxylation is 2. The van der Waals surface area contributed by atoms with Crippen molar-refractivity contribution in [3.8, 4) is 11.6 Å².